The van der Waals surface area contributed by atoms with Crippen LogP contribution < -0.4 is 10.6 Å². The van der Waals surface area contributed by atoms with Crippen LogP contribution in [-0.4, -0.2) is 79.2 Å². The van der Waals surface area contributed by atoms with Crippen LogP contribution in [0, 0.1) is 5.41 Å². The van der Waals surface area contributed by atoms with Crippen molar-refractivity contribution in [2.45, 2.75) is 44.5 Å². The molecule has 1 unspecified atom stereocenters. The van der Waals surface area contributed by atoms with Gasteiger partial charge in [-0.15, -0.1) is 0 Å². The number of aliphatic hydroxyl groups excluding tert-OH is 3. The minimum absolute atomic E-state index is 0.0417. The van der Waals surface area contributed by atoms with Gasteiger partial charge >= 0.3 is 7.75 Å². The van der Waals surface area contributed by atoms with Gasteiger partial charge in [0.05, 0.1) is 18.6 Å². The van der Waals surface area contributed by atoms with Gasteiger partial charge in [0.15, 0.2) is 11.0 Å². The molecule has 0 radical (unpaired) electrons. The lowest BCUT2D eigenvalue weighted by Gasteiger charge is -2.28. The van der Waals surface area contributed by atoms with Crippen molar-refractivity contribution in [1.82, 2.24) is 10.1 Å². The number of thioether (sulfide) groups is 1. The first-order chi connectivity index (χ1) is 18.3. The molecule has 1 fully saturated rings. The summed E-state index contributed by atoms with van der Waals surface area (Å²) >= 11 is 0.882. The van der Waals surface area contributed by atoms with Crippen LogP contribution in [0.15, 0.2) is 47.3 Å². The Kier molecular flexibility index (Phi) is 10.5. The van der Waals surface area contributed by atoms with Crippen molar-refractivity contribution in [3.8, 4) is 5.88 Å². The number of aliphatic hydroxyl groups is 4. The summed E-state index contributed by atoms with van der Waals surface area (Å²) in [6, 6.07) is 11.1. The number of hydrogen-bond donors (Lipinski definition) is 7. The van der Waals surface area contributed by atoms with Gasteiger partial charge in [0.2, 0.25) is 5.79 Å². The maximum Gasteiger partial charge on any atom is 0.406 e. The fourth-order valence-corrected chi connectivity index (χ4v) is 5.76. The maximum atomic E-state index is 13.5. The smallest absolute Gasteiger partial charge is 0.406 e. The second-order valence-electron chi connectivity index (χ2n) is 9.55. The number of carbonyl (C=O) groups excluding carboxylic acids is 1. The van der Waals surface area contributed by atoms with Crippen LogP contribution in [0.5, 0.6) is 5.88 Å². The first kappa shape index (κ1) is 31.4. The number of rotatable bonds is 13. The summed E-state index contributed by atoms with van der Waals surface area (Å²) in [7, 11) is -4.20. The van der Waals surface area contributed by atoms with Crippen LogP contribution in [0.1, 0.15) is 31.1 Å². The van der Waals surface area contributed by atoms with Crippen molar-refractivity contribution in [2.24, 2.45) is 5.41 Å². The average Bonchev–Trinajstić information content (AvgIpc) is 3.13. The predicted octanol–water partition coefficient (Wildman–Crippen LogP) is 0.772. The number of H-pyrrole nitrogens is 1. The van der Waals surface area contributed by atoms with Gasteiger partial charge in [-0.2, -0.15) is 0 Å². The third kappa shape index (κ3) is 7.98. The van der Waals surface area contributed by atoms with Gasteiger partial charge in [-0.3, -0.25) is 23.6 Å². The largest absolute Gasteiger partial charge is 0.494 e. The number of ether oxygens (including phenoxy) is 1. The van der Waals surface area contributed by atoms with E-state index in [0.717, 1.165) is 29.5 Å². The molecular formula is C24H33N2O11PS. The van der Waals surface area contributed by atoms with Crippen molar-refractivity contribution in [2.75, 3.05) is 25.6 Å². The Bertz CT molecular complexity index is 1230. The zero-order valence-electron chi connectivity index (χ0n) is 21.4. The van der Waals surface area contributed by atoms with Crippen molar-refractivity contribution in [3.05, 3.63) is 63.9 Å². The number of carbonyl (C=O) groups is 1. The molecule has 1 saturated heterocycles. The number of nitrogens with one attached hydrogen (secondary N) is 2. The molecule has 2 heterocycles. The molecule has 0 saturated carbocycles. The van der Waals surface area contributed by atoms with E-state index in [0.29, 0.717) is 0 Å². The van der Waals surface area contributed by atoms with E-state index < -0.39 is 55.3 Å². The zero-order valence-corrected chi connectivity index (χ0v) is 23.1. The number of pyridine rings is 1. The first-order valence-electron chi connectivity index (χ1n) is 11.9. The van der Waals surface area contributed by atoms with Gasteiger partial charge in [-0.1, -0.05) is 42.1 Å². The van der Waals surface area contributed by atoms with E-state index in [1.165, 1.54) is 0 Å². The molecule has 1 aromatic carbocycles. The van der Waals surface area contributed by atoms with Crippen LogP contribution in [0.25, 0.3) is 0 Å². The highest BCUT2D eigenvalue weighted by molar-refractivity contribution is 8.13. The Morgan fingerprint density at radius 3 is 2.54 bits per heavy atom. The van der Waals surface area contributed by atoms with Crippen LogP contribution in [0.3, 0.4) is 0 Å². The van der Waals surface area contributed by atoms with E-state index >= 15 is 0 Å². The van der Waals surface area contributed by atoms with Crippen molar-refractivity contribution >= 4 is 24.6 Å². The van der Waals surface area contributed by atoms with Crippen LogP contribution in [0.2, 0.25) is 0 Å². The van der Waals surface area contributed by atoms with Crippen molar-refractivity contribution in [3.63, 3.8) is 0 Å². The van der Waals surface area contributed by atoms with Crippen molar-refractivity contribution < 1.29 is 48.7 Å². The van der Waals surface area contributed by atoms with Gasteiger partial charge in [-0.05, 0) is 25.5 Å². The SMILES string of the molecule is CC(C)(CO)C(=O)SCCOP(=O)(NCc1ccccc1)OC[C@@]1(O)O[C@@H](c2ccc(=O)[nH]c2O)[C@H](O)[C@@H]1O. The molecule has 7 N–H and O–H groups in total. The monoisotopic (exact) mass is 588 g/mol. The van der Waals surface area contributed by atoms with Crippen molar-refractivity contribution in [1.29, 1.82) is 0 Å². The Morgan fingerprint density at radius 2 is 1.90 bits per heavy atom. The number of aromatic amines is 1. The molecule has 15 heteroatoms. The Balaban J connectivity index is 1.70. The third-order valence-electron chi connectivity index (χ3n) is 5.95. The van der Waals surface area contributed by atoms with Gasteiger partial charge < -0.3 is 30.3 Å². The molecule has 1 aromatic heterocycles. The van der Waals surface area contributed by atoms with E-state index in [1.54, 1.807) is 44.2 Å². The lowest BCUT2D eigenvalue weighted by atomic mass is 9.97. The maximum absolute atomic E-state index is 13.5. The molecule has 1 aliphatic heterocycles. The summed E-state index contributed by atoms with van der Waals surface area (Å²) in [5.41, 5.74) is -0.955. The van der Waals surface area contributed by atoms with Gasteiger partial charge in [0.25, 0.3) is 5.56 Å². The van der Waals surface area contributed by atoms with E-state index in [9.17, 15) is 39.7 Å². The van der Waals surface area contributed by atoms with Crippen LogP contribution in [-0.2, 0) is 29.7 Å². The minimum atomic E-state index is -4.20. The Morgan fingerprint density at radius 1 is 1.21 bits per heavy atom. The molecule has 1 aliphatic rings. The van der Waals surface area contributed by atoms with Gasteiger partial charge in [0.1, 0.15) is 24.9 Å². The summed E-state index contributed by atoms with van der Waals surface area (Å²) < 4.78 is 29.8. The minimum Gasteiger partial charge on any atom is -0.494 e. The summed E-state index contributed by atoms with van der Waals surface area (Å²) in [6.07, 6.45) is -5.16. The number of aromatic nitrogens is 1. The summed E-state index contributed by atoms with van der Waals surface area (Å²) in [5, 5.41) is 53.6. The first-order valence-corrected chi connectivity index (χ1v) is 14.5. The zero-order chi connectivity index (χ0) is 28.8. The predicted molar refractivity (Wildman–Crippen MR) is 141 cm³/mol. The second-order valence-corrected chi connectivity index (χ2v) is 12.4. The molecule has 5 atom stereocenters. The lowest BCUT2D eigenvalue weighted by molar-refractivity contribution is -0.243. The highest BCUT2D eigenvalue weighted by Crippen LogP contribution is 2.48. The second kappa shape index (κ2) is 13.0. The molecular weight excluding hydrogens is 555 g/mol. The molecule has 0 aliphatic carbocycles. The molecule has 216 valence electrons. The van der Waals surface area contributed by atoms with Crippen LogP contribution in [0.4, 0.5) is 0 Å². The summed E-state index contributed by atoms with van der Waals surface area (Å²) in [4.78, 5) is 25.7. The van der Waals surface area contributed by atoms with E-state index in [2.05, 4.69) is 10.1 Å². The molecule has 2 aromatic rings. The molecule has 39 heavy (non-hydrogen) atoms. The molecule has 13 nitrogen and oxygen atoms in total. The van der Waals surface area contributed by atoms with Gasteiger partial charge in [0, 0.05) is 23.9 Å². The fraction of sp³-hybridized carbons (Fsp3) is 0.500. The fourth-order valence-electron chi connectivity index (χ4n) is 3.50. The Labute approximate surface area is 228 Å². The normalized spacial score (nSPS) is 24.9. The standard InChI is InChI=1S/C24H33N2O11PS/c1-23(2,13-27)22(32)39-11-10-35-38(34,25-12-15-6-4-3-5-7-15)36-14-24(33)20(30)18(29)19(37-24)16-8-9-17(28)26-21(16)31/h3-9,18-20,27,29-30,33H,10-14H2,1-2H3,(H,25,34)(H2,26,28,31)/t18-,19-,20-,24+,38?/m0/s1. The summed E-state index contributed by atoms with van der Waals surface area (Å²) in [5.74, 6) is -3.12. The molecule has 0 spiro atoms. The highest BCUT2D eigenvalue weighted by atomic mass is 32.2. The van der Waals surface area contributed by atoms with Gasteiger partial charge in [-0.25, -0.2) is 9.65 Å². The van der Waals surface area contributed by atoms with E-state index in [1.807, 2.05) is 0 Å². The molecule has 0 amide bonds. The Hall–Kier alpha value is -2.10. The summed E-state index contributed by atoms with van der Waals surface area (Å²) in [6.45, 7) is 1.73. The third-order valence-corrected chi connectivity index (χ3v) is 8.67. The quantitative estimate of drug-likeness (QED) is 0.128. The van der Waals surface area contributed by atoms with Crippen LogP contribution >= 0.6 is 19.5 Å². The highest BCUT2D eigenvalue weighted by Gasteiger charge is 2.55. The van der Waals surface area contributed by atoms with E-state index in [-0.39, 0.29) is 36.2 Å². The number of hydrogen-bond acceptors (Lipinski definition) is 12. The molecule has 3 rings (SSSR count). The topological polar surface area (TPSA) is 208 Å². The number of aromatic hydroxyl groups is 1. The lowest BCUT2D eigenvalue weighted by Crippen LogP contribution is -2.47. The molecule has 0 bridgehead atoms. The average molecular weight is 589 g/mol. The number of benzene rings is 1. The van der Waals surface area contributed by atoms with E-state index in [4.69, 9.17) is 13.8 Å².